The Bertz CT molecular complexity index is 669. The number of hydrogen-bond donors (Lipinski definition) is 2. The summed E-state index contributed by atoms with van der Waals surface area (Å²) in [6.45, 7) is 0. The van der Waals surface area contributed by atoms with Gasteiger partial charge in [0.1, 0.15) is 15.9 Å². The molecule has 0 aromatic heterocycles. The topological polar surface area (TPSA) is 103 Å². The van der Waals surface area contributed by atoms with Crippen molar-refractivity contribution < 1.29 is 36.9 Å². The van der Waals surface area contributed by atoms with Crippen molar-refractivity contribution in [1.29, 1.82) is 0 Å². The van der Waals surface area contributed by atoms with Crippen molar-refractivity contribution in [3.63, 3.8) is 0 Å². The molecule has 0 radical (unpaired) electrons. The number of rotatable bonds is 1. The predicted octanol–water partition coefficient (Wildman–Crippen LogP) is -1.96. The zero-order valence-corrected chi connectivity index (χ0v) is 9.86. The van der Waals surface area contributed by atoms with Gasteiger partial charge in [-0.2, -0.15) is 0 Å². The summed E-state index contributed by atoms with van der Waals surface area (Å²) in [5.74, 6) is -0.409. The Labute approximate surface area is 110 Å². The second-order valence-corrected chi connectivity index (χ2v) is 4.66. The van der Waals surface area contributed by atoms with Crippen LogP contribution in [0.4, 0.5) is 5.69 Å². The van der Waals surface area contributed by atoms with Crippen LogP contribution in [-0.4, -0.2) is 18.1 Å². The van der Waals surface area contributed by atoms with Crippen molar-refractivity contribution in [1.82, 2.24) is 0 Å². The fraction of sp³-hybridized carbons (Fsp3) is 0. The number of anilines is 1. The number of hydrogen-bond acceptors (Lipinski definition) is 5. The van der Waals surface area contributed by atoms with Crippen LogP contribution in [0.5, 0.6) is 5.75 Å². The molecule has 2 rings (SSSR count). The van der Waals surface area contributed by atoms with Gasteiger partial charge in [-0.25, -0.2) is 8.42 Å². The number of nitrogens with two attached hydrogens (primary N) is 1. The molecule has 0 aliphatic rings. The van der Waals surface area contributed by atoms with Gasteiger partial charge >= 0.3 is 18.9 Å². The Kier molecular flexibility index (Phi) is 3.74. The van der Waals surface area contributed by atoms with Crippen molar-refractivity contribution in [2.75, 3.05) is 5.73 Å². The molecular weight excluding hydrogens is 237 g/mol. The van der Waals surface area contributed by atoms with Gasteiger partial charge in [0, 0.05) is 16.8 Å². The molecule has 0 bridgehead atoms. The summed E-state index contributed by atoms with van der Waals surface area (Å²) < 4.78 is 33.0. The van der Waals surface area contributed by atoms with E-state index < -0.39 is 20.8 Å². The molecule has 0 unspecified atom stereocenters. The van der Waals surface area contributed by atoms with E-state index >= 15 is 0 Å². The number of phenols is 1. The summed E-state index contributed by atoms with van der Waals surface area (Å²) in [6.07, 6.45) is 0. The molecule has 7 heteroatoms. The van der Waals surface area contributed by atoms with Gasteiger partial charge in [0.05, 0.1) is 10.6 Å². The average molecular weight is 245 g/mol. The van der Waals surface area contributed by atoms with E-state index in [1.54, 1.807) is 18.2 Å². The van der Waals surface area contributed by atoms with Crippen LogP contribution in [-0.2, 0) is 10.1 Å². The maximum atomic E-state index is 11.0. The Hall–Kier alpha value is -1.19. The summed E-state index contributed by atoms with van der Waals surface area (Å²) in [4.78, 5) is -0.463. The third-order valence-electron chi connectivity index (χ3n) is 2.30. The molecule has 2 aromatic rings. The van der Waals surface area contributed by atoms with Crippen LogP contribution in [0, 0.1) is 0 Å². The predicted molar refractivity (Wildman–Crippen MR) is 58.0 cm³/mol. The molecule has 0 heterocycles. The van der Waals surface area contributed by atoms with Crippen molar-refractivity contribution in [2.45, 2.75) is 4.90 Å². The van der Waals surface area contributed by atoms with Crippen LogP contribution in [0.1, 0.15) is 0 Å². The molecule has 0 saturated carbocycles. The van der Waals surface area contributed by atoms with Crippen LogP contribution in [0.25, 0.3) is 10.8 Å². The van der Waals surface area contributed by atoms with Gasteiger partial charge in [-0.1, -0.05) is 24.3 Å². The minimum absolute atomic E-state index is 0. The molecule has 0 amide bonds. The minimum atomic E-state index is -4.63. The molecule has 5 nitrogen and oxygen atoms in total. The SMILES string of the molecule is Nc1c(O)cc(S(=O)(=O)[O-])c2ccccc12.[Li+]. The second kappa shape index (κ2) is 4.59. The molecule has 84 valence electrons. The van der Waals surface area contributed by atoms with Gasteiger partial charge in [0.25, 0.3) is 0 Å². The number of phenolic OH excluding ortho intramolecular Hbond substituents is 1. The van der Waals surface area contributed by atoms with E-state index in [2.05, 4.69) is 0 Å². The Balaban J connectivity index is 0.00000144. The molecular formula is C10H8LiNO4S. The third kappa shape index (κ3) is 2.40. The maximum absolute atomic E-state index is 11.0. The van der Waals surface area contributed by atoms with E-state index in [4.69, 9.17) is 5.73 Å². The van der Waals surface area contributed by atoms with E-state index in [1.807, 2.05) is 0 Å². The van der Waals surface area contributed by atoms with Gasteiger partial charge in [-0.3, -0.25) is 0 Å². The van der Waals surface area contributed by atoms with E-state index in [-0.39, 0.29) is 29.9 Å². The minimum Gasteiger partial charge on any atom is -0.744 e. The largest absolute Gasteiger partial charge is 1.00 e. The molecule has 0 atom stereocenters. The summed E-state index contributed by atoms with van der Waals surface area (Å²) in [6, 6.07) is 7.11. The van der Waals surface area contributed by atoms with E-state index in [0.29, 0.717) is 5.39 Å². The monoisotopic (exact) mass is 245 g/mol. The molecule has 0 saturated heterocycles. The fourth-order valence-corrected chi connectivity index (χ4v) is 2.26. The van der Waals surface area contributed by atoms with Crippen molar-refractivity contribution in [3.8, 4) is 5.75 Å². The first-order valence-electron chi connectivity index (χ1n) is 4.37. The van der Waals surface area contributed by atoms with Crippen LogP contribution >= 0.6 is 0 Å². The van der Waals surface area contributed by atoms with Gasteiger partial charge in [-0.05, 0) is 0 Å². The molecule has 2 aromatic carbocycles. The van der Waals surface area contributed by atoms with E-state index in [0.717, 1.165) is 6.07 Å². The first-order chi connectivity index (χ1) is 7.41. The number of fused-ring (bicyclic) bond motifs is 1. The molecule has 0 fully saturated rings. The van der Waals surface area contributed by atoms with E-state index in [9.17, 15) is 18.1 Å². The number of aromatic hydroxyl groups is 1. The van der Waals surface area contributed by atoms with Crippen LogP contribution in [0.3, 0.4) is 0 Å². The van der Waals surface area contributed by atoms with E-state index in [1.165, 1.54) is 6.07 Å². The maximum Gasteiger partial charge on any atom is 1.00 e. The zero-order valence-electron chi connectivity index (χ0n) is 9.04. The number of nitrogen functional groups attached to an aromatic ring is 1. The Morgan fingerprint density at radius 2 is 1.71 bits per heavy atom. The molecule has 0 aliphatic heterocycles. The molecule has 0 aliphatic carbocycles. The van der Waals surface area contributed by atoms with Gasteiger partial charge in [-0.15, -0.1) is 0 Å². The smallest absolute Gasteiger partial charge is 0.744 e. The van der Waals surface area contributed by atoms with Crippen LogP contribution in [0.2, 0.25) is 0 Å². The summed E-state index contributed by atoms with van der Waals surface area (Å²) >= 11 is 0. The fourth-order valence-electron chi connectivity index (χ4n) is 1.56. The van der Waals surface area contributed by atoms with Crippen LogP contribution in [0.15, 0.2) is 35.2 Å². The summed E-state index contributed by atoms with van der Waals surface area (Å²) in [7, 11) is -4.63. The quantitative estimate of drug-likeness (QED) is 0.263. The molecule has 3 N–H and O–H groups in total. The third-order valence-corrected chi connectivity index (χ3v) is 3.17. The molecule has 0 spiro atoms. The Morgan fingerprint density at radius 1 is 1.18 bits per heavy atom. The van der Waals surface area contributed by atoms with Gasteiger partial charge in [0.2, 0.25) is 0 Å². The standard InChI is InChI=1S/C10H9NO4S.Li/c11-10-7-4-2-1-3-6(7)9(5-8(10)12)16(13,14)15;/h1-5,12H,11H2,(H,13,14,15);/q;+1/p-1. The first kappa shape index (κ1) is 13.9. The average Bonchev–Trinajstić information content (AvgIpc) is 2.22. The molecule has 17 heavy (non-hydrogen) atoms. The van der Waals surface area contributed by atoms with Gasteiger partial charge in [0.15, 0.2) is 0 Å². The summed E-state index contributed by atoms with van der Waals surface area (Å²) in [5.41, 5.74) is 5.64. The second-order valence-electron chi connectivity index (χ2n) is 3.31. The normalized spacial score (nSPS) is 11.1. The van der Waals surface area contributed by atoms with Gasteiger partial charge < -0.3 is 15.4 Å². The van der Waals surface area contributed by atoms with Crippen molar-refractivity contribution in [3.05, 3.63) is 30.3 Å². The van der Waals surface area contributed by atoms with Crippen molar-refractivity contribution in [2.24, 2.45) is 0 Å². The summed E-state index contributed by atoms with van der Waals surface area (Å²) in [5, 5.41) is 9.99. The zero-order chi connectivity index (χ0) is 11.9. The number of benzene rings is 2. The first-order valence-corrected chi connectivity index (χ1v) is 5.78. The Morgan fingerprint density at radius 3 is 2.24 bits per heavy atom. The van der Waals surface area contributed by atoms with Crippen molar-refractivity contribution >= 4 is 26.6 Å². The van der Waals surface area contributed by atoms with Crippen LogP contribution < -0.4 is 24.6 Å².